The predicted octanol–water partition coefficient (Wildman–Crippen LogP) is 3.15. The van der Waals surface area contributed by atoms with Crippen LogP contribution in [0.15, 0.2) is 17.3 Å². The van der Waals surface area contributed by atoms with Crippen LogP contribution in [0.4, 0.5) is 0 Å². The SMILES string of the molecule is COc1cc2c(cc1C)C(N=O)CCC2. The highest BCUT2D eigenvalue weighted by atomic mass is 16.5. The predicted molar refractivity (Wildman–Crippen MR) is 59.2 cm³/mol. The molecule has 0 radical (unpaired) electrons. The smallest absolute Gasteiger partial charge is 0.122 e. The summed E-state index contributed by atoms with van der Waals surface area (Å²) in [5, 5.41) is 3.19. The number of hydrogen-bond acceptors (Lipinski definition) is 3. The van der Waals surface area contributed by atoms with Gasteiger partial charge >= 0.3 is 0 Å². The summed E-state index contributed by atoms with van der Waals surface area (Å²) in [6.07, 6.45) is 2.94. The fraction of sp³-hybridized carbons (Fsp3) is 0.500. The summed E-state index contributed by atoms with van der Waals surface area (Å²) >= 11 is 0. The number of hydrogen-bond donors (Lipinski definition) is 0. The quantitative estimate of drug-likeness (QED) is 0.695. The molecule has 0 amide bonds. The number of methoxy groups -OCH3 is 1. The van der Waals surface area contributed by atoms with Crippen LogP contribution < -0.4 is 4.74 Å². The lowest BCUT2D eigenvalue weighted by atomic mass is 9.87. The zero-order valence-corrected chi connectivity index (χ0v) is 9.12. The Labute approximate surface area is 89.4 Å². The number of benzene rings is 1. The summed E-state index contributed by atoms with van der Waals surface area (Å²) < 4.78 is 5.27. The van der Waals surface area contributed by atoms with Crippen molar-refractivity contribution in [1.29, 1.82) is 0 Å². The van der Waals surface area contributed by atoms with E-state index in [1.54, 1.807) is 7.11 Å². The van der Waals surface area contributed by atoms with Gasteiger partial charge in [0.15, 0.2) is 0 Å². The molecule has 0 saturated carbocycles. The molecule has 0 bridgehead atoms. The summed E-state index contributed by atoms with van der Waals surface area (Å²) in [7, 11) is 1.67. The van der Waals surface area contributed by atoms with E-state index in [-0.39, 0.29) is 6.04 Å². The summed E-state index contributed by atoms with van der Waals surface area (Å²) in [6, 6.07) is 3.93. The molecule has 1 aliphatic carbocycles. The van der Waals surface area contributed by atoms with E-state index in [9.17, 15) is 4.91 Å². The highest BCUT2D eigenvalue weighted by molar-refractivity contribution is 5.44. The third kappa shape index (κ3) is 1.74. The van der Waals surface area contributed by atoms with Gasteiger partial charge in [-0.3, -0.25) is 0 Å². The lowest BCUT2D eigenvalue weighted by Crippen LogP contribution is -2.08. The minimum Gasteiger partial charge on any atom is -0.496 e. The van der Waals surface area contributed by atoms with Gasteiger partial charge in [0.2, 0.25) is 0 Å². The Morgan fingerprint density at radius 1 is 1.47 bits per heavy atom. The highest BCUT2D eigenvalue weighted by Crippen LogP contribution is 2.36. The van der Waals surface area contributed by atoms with Gasteiger partial charge in [0, 0.05) is 0 Å². The van der Waals surface area contributed by atoms with E-state index in [0.29, 0.717) is 0 Å². The summed E-state index contributed by atoms with van der Waals surface area (Å²) in [4.78, 5) is 10.7. The van der Waals surface area contributed by atoms with Gasteiger partial charge in [-0.1, -0.05) is 5.18 Å². The van der Waals surface area contributed by atoms with Crippen molar-refractivity contribution in [3.63, 3.8) is 0 Å². The van der Waals surface area contributed by atoms with Crippen LogP contribution >= 0.6 is 0 Å². The molecule has 1 aromatic rings. The van der Waals surface area contributed by atoms with Crippen LogP contribution in [-0.4, -0.2) is 7.11 Å². The van der Waals surface area contributed by atoms with Crippen molar-refractivity contribution >= 4 is 0 Å². The standard InChI is InChI=1S/C12H15NO2/c1-8-6-10-9(7-12(8)15-2)4-3-5-11(10)13-14/h6-7,11H,3-5H2,1-2H3. The zero-order chi connectivity index (χ0) is 10.8. The summed E-state index contributed by atoms with van der Waals surface area (Å²) in [5.74, 6) is 0.903. The normalized spacial score (nSPS) is 19.5. The third-order valence-electron chi connectivity index (χ3n) is 3.07. The third-order valence-corrected chi connectivity index (χ3v) is 3.07. The minimum absolute atomic E-state index is 0.154. The van der Waals surface area contributed by atoms with Crippen molar-refractivity contribution in [3.05, 3.63) is 33.7 Å². The molecule has 2 rings (SSSR count). The van der Waals surface area contributed by atoms with Crippen LogP contribution in [0.2, 0.25) is 0 Å². The van der Waals surface area contributed by atoms with E-state index in [0.717, 1.165) is 36.1 Å². The molecule has 0 saturated heterocycles. The molecule has 0 aromatic heterocycles. The average molecular weight is 205 g/mol. The summed E-state index contributed by atoms with van der Waals surface area (Å²) in [5.41, 5.74) is 3.38. The van der Waals surface area contributed by atoms with Crippen molar-refractivity contribution in [3.8, 4) is 5.75 Å². The summed E-state index contributed by atoms with van der Waals surface area (Å²) in [6.45, 7) is 2.00. The zero-order valence-electron chi connectivity index (χ0n) is 9.12. The molecule has 1 atom stereocenters. The highest BCUT2D eigenvalue weighted by Gasteiger charge is 2.22. The molecule has 0 aliphatic heterocycles. The average Bonchev–Trinajstić information content (AvgIpc) is 2.27. The number of fused-ring (bicyclic) bond motifs is 1. The second-order valence-electron chi connectivity index (χ2n) is 4.03. The number of rotatable bonds is 2. The van der Waals surface area contributed by atoms with Crippen molar-refractivity contribution in [2.24, 2.45) is 5.18 Å². The van der Waals surface area contributed by atoms with Crippen LogP contribution in [0.25, 0.3) is 0 Å². The molecule has 0 spiro atoms. The maximum Gasteiger partial charge on any atom is 0.122 e. The topological polar surface area (TPSA) is 38.7 Å². The Kier molecular flexibility index (Phi) is 2.71. The Hall–Kier alpha value is -1.38. The van der Waals surface area contributed by atoms with Gasteiger partial charge in [-0.25, -0.2) is 0 Å². The molecule has 0 heterocycles. The van der Waals surface area contributed by atoms with Crippen LogP contribution in [0.1, 0.15) is 35.6 Å². The Balaban J connectivity index is 2.49. The van der Waals surface area contributed by atoms with Gasteiger partial charge in [-0.15, -0.1) is 0 Å². The van der Waals surface area contributed by atoms with Crippen LogP contribution in [-0.2, 0) is 6.42 Å². The van der Waals surface area contributed by atoms with Crippen LogP contribution in [0.5, 0.6) is 5.75 Å². The van der Waals surface area contributed by atoms with E-state index >= 15 is 0 Å². The Morgan fingerprint density at radius 3 is 2.93 bits per heavy atom. The molecule has 0 fully saturated rings. The first-order valence-corrected chi connectivity index (χ1v) is 5.26. The molecule has 0 N–H and O–H groups in total. The first-order chi connectivity index (χ1) is 7.26. The number of nitroso groups, excluding NO2 is 1. The lowest BCUT2D eigenvalue weighted by Gasteiger charge is -2.21. The van der Waals surface area contributed by atoms with Gasteiger partial charge in [0.25, 0.3) is 0 Å². The van der Waals surface area contributed by atoms with Crippen LogP contribution in [0.3, 0.4) is 0 Å². The van der Waals surface area contributed by atoms with Gasteiger partial charge in [-0.05, 0) is 55.0 Å². The molecular weight excluding hydrogens is 190 g/mol. The molecular formula is C12H15NO2. The monoisotopic (exact) mass is 205 g/mol. The van der Waals surface area contributed by atoms with E-state index in [2.05, 4.69) is 5.18 Å². The van der Waals surface area contributed by atoms with Crippen molar-refractivity contribution in [1.82, 2.24) is 0 Å². The van der Waals surface area contributed by atoms with E-state index in [1.807, 2.05) is 19.1 Å². The molecule has 15 heavy (non-hydrogen) atoms. The first-order valence-electron chi connectivity index (χ1n) is 5.26. The minimum atomic E-state index is -0.154. The molecule has 80 valence electrons. The molecule has 1 aromatic carbocycles. The van der Waals surface area contributed by atoms with E-state index < -0.39 is 0 Å². The largest absolute Gasteiger partial charge is 0.496 e. The fourth-order valence-electron chi connectivity index (χ4n) is 2.25. The number of nitrogens with zero attached hydrogens (tertiary/aromatic N) is 1. The number of ether oxygens (including phenoxy) is 1. The van der Waals surface area contributed by atoms with Crippen molar-refractivity contribution in [2.45, 2.75) is 32.2 Å². The van der Waals surface area contributed by atoms with Gasteiger partial charge in [0.1, 0.15) is 11.8 Å². The maximum atomic E-state index is 10.7. The van der Waals surface area contributed by atoms with E-state index in [1.165, 1.54) is 5.56 Å². The second kappa shape index (κ2) is 4.01. The molecule has 3 nitrogen and oxygen atoms in total. The Morgan fingerprint density at radius 2 is 2.27 bits per heavy atom. The molecule has 1 unspecified atom stereocenters. The fourth-order valence-corrected chi connectivity index (χ4v) is 2.25. The lowest BCUT2D eigenvalue weighted by molar-refractivity contribution is 0.409. The first kappa shape index (κ1) is 10.1. The maximum absolute atomic E-state index is 10.7. The molecule has 1 aliphatic rings. The van der Waals surface area contributed by atoms with Gasteiger partial charge in [-0.2, -0.15) is 4.91 Å². The van der Waals surface area contributed by atoms with Gasteiger partial charge < -0.3 is 4.74 Å². The number of aryl methyl sites for hydroxylation is 2. The van der Waals surface area contributed by atoms with Gasteiger partial charge in [0.05, 0.1) is 7.11 Å². The molecule has 3 heteroatoms. The van der Waals surface area contributed by atoms with Crippen molar-refractivity contribution in [2.75, 3.05) is 7.11 Å². The second-order valence-corrected chi connectivity index (χ2v) is 4.03. The van der Waals surface area contributed by atoms with Crippen LogP contribution in [0, 0.1) is 11.8 Å². The Bertz CT molecular complexity index is 387. The van der Waals surface area contributed by atoms with E-state index in [4.69, 9.17) is 4.74 Å². The van der Waals surface area contributed by atoms with Crippen molar-refractivity contribution < 1.29 is 4.74 Å².